The third-order valence-electron chi connectivity index (χ3n) is 3.15. The molecule has 2 rings (SSSR count). The maximum Gasteiger partial charge on any atom is 0.224 e. The highest BCUT2D eigenvalue weighted by molar-refractivity contribution is 7.90. The molecule has 4 nitrogen and oxygen atoms in total. The molecule has 2 aromatic rings. The lowest BCUT2D eigenvalue weighted by atomic mass is 10.1. The molecule has 0 saturated carbocycles. The summed E-state index contributed by atoms with van der Waals surface area (Å²) in [5.74, 6) is -0.580. The Bertz CT molecular complexity index is 770. The summed E-state index contributed by atoms with van der Waals surface area (Å²) in [6, 6.07) is 12.2. The Morgan fingerprint density at radius 1 is 1.09 bits per heavy atom. The van der Waals surface area contributed by atoms with Gasteiger partial charge in [0.2, 0.25) is 5.91 Å². The van der Waals surface area contributed by atoms with E-state index in [0.29, 0.717) is 17.7 Å². The number of halogens is 1. The quantitative estimate of drug-likeness (QED) is 0.921. The van der Waals surface area contributed by atoms with Gasteiger partial charge in [0.15, 0.2) is 9.84 Å². The van der Waals surface area contributed by atoms with Crippen LogP contribution in [0.5, 0.6) is 0 Å². The summed E-state index contributed by atoms with van der Waals surface area (Å²) in [5.41, 5.74) is 0.996. The number of hydrogen-bond acceptors (Lipinski definition) is 3. The zero-order valence-corrected chi connectivity index (χ0v) is 12.9. The van der Waals surface area contributed by atoms with Crippen LogP contribution >= 0.6 is 0 Å². The summed E-state index contributed by atoms with van der Waals surface area (Å²) in [4.78, 5) is 12.0. The van der Waals surface area contributed by atoms with Crippen molar-refractivity contribution in [2.75, 3.05) is 11.6 Å². The lowest BCUT2D eigenvalue weighted by Crippen LogP contribution is -2.12. The molecule has 0 heterocycles. The van der Waals surface area contributed by atoms with Crippen LogP contribution in [-0.4, -0.2) is 20.6 Å². The average Bonchev–Trinajstić information content (AvgIpc) is 2.46. The van der Waals surface area contributed by atoms with Crippen molar-refractivity contribution in [3.8, 4) is 0 Å². The van der Waals surface area contributed by atoms with Crippen molar-refractivity contribution in [3.05, 3.63) is 59.9 Å². The molecular formula is C16H16FNO3S. The van der Waals surface area contributed by atoms with Gasteiger partial charge in [0, 0.05) is 18.4 Å². The van der Waals surface area contributed by atoms with Crippen LogP contribution in [-0.2, 0) is 21.1 Å². The molecule has 2 aromatic carbocycles. The summed E-state index contributed by atoms with van der Waals surface area (Å²) in [7, 11) is -3.25. The standard InChI is InChI=1S/C16H16FNO3S/c1-22(20,21)14-9-7-13(8-10-14)18-16(19)11-6-12-4-2-3-5-15(12)17/h2-5,7-10H,6,11H2,1H3,(H,18,19). The third kappa shape index (κ3) is 4.39. The minimum atomic E-state index is -3.25. The first-order valence-electron chi connectivity index (χ1n) is 6.69. The van der Waals surface area contributed by atoms with Gasteiger partial charge in [-0.2, -0.15) is 0 Å². The minimum Gasteiger partial charge on any atom is -0.326 e. The zero-order chi connectivity index (χ0) is 16.2. The molecule has 0 aliphatic rings. The van der Waals surface area contributed by atoms with Crippen molar-refractivity contribution in [1.82, 2.24) is 0 Å². The van der Waals surface area contributed by atoms with Gasteiger partial charge in [-0.3, -0.25) is 4.79 Å². The number of nitrogens with one attached hydrogen (secondary N) is 1. The molecule has 0 spiro atoms. The van der Waals surface area contributed by atoms with Crippen molar-refractivity contribution in [1.29, 1.82) is 0 Å². The number of sulfone groups is 1. The molecule has 6 heteroatoms. The predicted octanol–water partition coefficient (Wildman–Crippen LogP) is 2.80. The molecule has 0 bridgehead atoms. The van der Waals surface area contributed by atoms with Crippen LogP contribution in [0.25, 0.3) is 0 Å². The Morgan fingerprint density at radius 2 is 1.73 bits per heavy atom. The Labute approximate surface area is 128 Å². The van der Waals surface area contributed by atoms with E-state index < -0.39 is 9.84 Å². The third-order valence-corrected chi connectivity index (χ3v) is 4.27. The Kier molecular flexibility index (Phi) is 4.92. The molecule has 1 amide bonds. The molecule has 0 aliphatic carbocycles. The van der Waals surface area contributed by atoms with Crippen LogP contribution in [0, 0.1) is 5.82 Å². The van der Waals surface area contributed by atoms with Crippen LogP contribution in [0.15, 0.2) is 53.4 Å². The van der Waals surface area contributed by atoms with Gasteiger partial charge in [0.1, 0.15) is 5.82 Å². The van der Waals surface area contributed by atoms with Crippen LogP contribution in [0.1, 0.15) is 12.0 Å². The smallest absolute Gasteiger partial charge is 0.224 e. The topological polar surface area (TPSA) is 63.2 Å². The first-order valence-corrected chi connectivity index (χ1v) is 8.59. The molecule has 0 saturated heterocycles. The van der Waals surface area contributed by atoms with Crippen molar-refractivity contribution in [2.24, 2.45) is 0 Å². The molecule has 0 unspecified atom stereocenters. The molecule has 0 aromatic heterocycles. The van der Waals surface area contributed by atoms with E-state index in [2.05, 4.69) is 5.32 Å². The monoisotopic (exact) mass is 321 g/mol. The van der Waals surface area contributed by atoms with Gasteiger partial charge in [0.05, 0.1) is 4.90 Å². The maximum absolute atomic E-state index is 13.4. The van der Waals surface area contributed by atoms with Crippen molar-refractivity contribution < 1.29 is 17.6 Å². The van der Waals surface area contributed by atoms with Gasteiger partial charge in [-0.05, 0) is 42.3 Å². The first-order chi connectivity index (χ1) is 10.4. The number of carbonyl (C=O) groups excluding carboxylic acids is 1. The maximum atomic E-state index is 13.4. The lowest BCUT2D eigenvalue weighted by Gasteiger charge is -2.06. The van der Waals surface area contributed by atoms with Gasteiger partial charge in [0.25, 0.3) is 0 Å². The number of rotatable bonds is 5. The highest BCUT2D eigenvalue weighted by Gasteiger charge is 2.08. The molecular weight excluding hydrogens is 305 g/mol. The SMILES string of the molecule is CS(=O)(=O)c1ccc(NC(=O)CCc2ccccc2F)cc1. The van der Waals surface area contributed by atoms with E-state index in [9.17, 15) is 17.6 Å². The molecule has 116 valence electrons. The average molecular weight is 321 g/mol. The van der Waals surface area contributed by atoms with Crippen molar-refractivity contribution in [2.45, 2.75) is 17.7 Å². The second-order valence-electron chi connectivity index (χ2n) is 4.94. The van der Waals surface area contributed by atoms with E-state index in [1.54, 1.807) is 18.2 Å². The van der Waals surface area contributed by atoms with Crippen molar-refractivity contribution >= 4 is 21.4 Å². The van der Waals surface area contributed by atoms with E-state index >= 15 is 0 Å². The second kappa shape index (κ2) is 6.70. The number of hydrogen-bond donors (Lipinski definition) is 1. The summed E-state index contributed by atoms with van der Waals surface area (Å²) < 4.78 is 36.1. The lowest BCUT2D eigenvalue weighted by molar-refractivity contribution is -0.116. The number of aryl methyl sites for hydroxylation is 1. The van der Waals surface area contributed by atoms with Gasteiger partial charge in [-0.1, -0.05) is 18.2 Å². The molecule has 0 aliphatic heterocycles. The number of anilines is 1. The molecule has 0 atom stereocenters. The van der Waals surface area contributed by atoms with Gasteiger partial charge >= 0.3 is 0 Å². The summed E-state index contributed by atoms with van der Waals surface area (Å²) >= 11 is 0. The highest BCUT2D eigenvalue weighted by Crippen LogP contribution is 2.15. The highest BCUT2D eigenvalue weighted by atomic mass is 32.2. The molecule has 0 fully saturated rings. The van der Waals surface area contributed by atoms with Gasteiger partial charge in [-0.25, -0.2) is 12.8 Å². The number of amides is 1. The van der Waals surface area contributed by atoms with E-state index in [4.69, 9.17) is 0 Å². The van der Waals surface area contributed by atoms with Crippen LogP contribution in [0.4, 0.5) is 10.1 Å². The van der Waals surface area contributed by atoms with Crippen molar-refractivity contribution in [3.63, 3.8) is 0 Å². The summed E-state index contributed by atoms with van der Waals surface area (Å²) in [6.45, 7) is 0. The van der Waals surface area contributed by atoms with E-state index in [1.165, 1.54) is 30.3 Å². The molecule has 0 radical (unpaired) electrons. The summed E-state index contributed by atoms with van der Waals surface area (Å²) in [6.07, 6.45) is 1.57. The second-order valence-corrected chi connectivity index (χ2v) is 6.95. The minimum absolute atomic E-state index is 0.148. The normalized spacial score (nSPS) is 11.2. The van der Waals surface area contributed by atoms with E-state index in [0.717, 1.165) is 6.26 Å². The van der Waals surface area contributed by atoms with Gasteiger partial charge in [-0.15, -0.1) is 0 Å². The first kappa shape index (κ1) is 16.2. The van der Waals surface area contributed by atoms with Crippen LogP contribution < -0.4 is 5.32 Å². The van der Waals surface area contributed by atoms with Gasteiger partial charge < -0.3 is 5.32 Å². The zero-order valence-electron chi connectivity index (χ0n) is 12.0. The molecule has 22 heavy (non-hydrogen) atoms. The Morgan fingerprint density at radius 3 is 2.32 bits per heavy atom. The predicted molar refractivity (Wildman–Crippen MR) is 82.9 cm³/mol. The Hall–Kier alpha value is -2.21. The van der Waals surface area contributed by atoms with Crippen LogP contribution in [0.2, 0.25) is 0 Å². The fourth-order valence-electron chi connectivity index (χ4n) is 1.96. The fraction of sp³-hybridized carbons (Fsp3) is 0.188. The van der Waals surface area contributed by atoms with E-state index in [-0.39, 0.29) is 23.0 Å². The summed E-state index contributed by atoms with van der Waals surface area (Å²) in [5, 5.41) is 2.65. The number of carbonyl (C=O) groups is 1. The van der Waals surface area contributed by atoms with E-state index in [1.807, 2.05) is 0 Å². The molecule has 1 N–H and O–H groups in total. The largest absolute Gasteiger partial charge is 0.326 e. The number of benzene rings is 2. The fourth-order valence-corrected chi connectivity index (χ4v) is 2.59. The Balaban J connectivity index is 1.94. The van der Waals surface area contributed by atoms with Crippen LogP contribution in [0.3, 0.4) is 0 Å².